The third-order valence-corrected chi connectivity index (χ3v) is 5.74. The molecule has 1 N–H and O–H groups in total. The van der Waals surface area contributed by atoms with E-state index in [0.717, 1.165) is 49.4 Å². The quantitative estimate of drug-likeness (QED) is 0.565. The number of benzene rings is 1. The molecule has 0 saturated carbocycles. The van der Waals surface area contributed by atoms with Crippen LogP contribution in [0.2, 0.25) is 0 Å². The van der Waals surface area contributed by atoms with E-state index in [4.69, 9.17) is 19.7 Å². The van der Waals surface area contributed by atoms with Gasteiger partial charge in [0.25, 0.3) is 0 Å². The number of para-hydroxylation sites is 1. The minimum Gasteiger partial charge on any atom is -0.377 e. The Morgan fingerprint density at radius 3 is 2.63 bits per heavy atom. The van der Waals surface area contributed by atoms with Crippen LogP contribution >= 0.6 is 0 Å². The van der Waals surface area contributed by atoms with Crippen molar-refractivity contribution in [3.63, 3.8) is 0 Å². The van der Waals surface area contributed by atoms with Gasteiger partial charge in [0.1, 0.15) is 5.69 Å². The van der Waals surface area contributed by atoms with E-state index in [1.807, 2.05) is 41.1 Å². The minimum absolute atomic E-state index is 0.00362. The van der Waals surface area contributed by atoms with Gasteiger partial charge < -0.3 is 15.0 Å². The van der Waals surface area contributed by atoms with Gasteiger partial charge in [-0.2, -0.15) is 15.0 Å². The Morgan fingerprint density at radius 2 is 1.80 bits per heavy atom. The van der Waals surface area contributed by atoms with Crippen molar-refractivity contribution in [2.75, 3.05) is 37.7 Å². The molecular formula is C22H21N7O. The average molecular weight is 399 g/mol. The van der Waals surface area contributed by atoms with Crippen molar-refractivity contribution in [3.8, 4) is 17.5 Å². The van der Waals surface area contributed by atoms with Crippen LogP contribution in [0.1, 0.15) is 0 Å². The fourth-order valence-electron chi connectivity index (χ4n) is 4.14. The van der Waals surface area contributed by atoms with E-state index < -0.39 is 0 Å². The van der Waals surface area contributed by atoms with E-state index in [1.54, 1.807) is 6.20 Å². The van der Waals surface area contributed by atoms with Crippen LogP contribution in [-0.2, 0) is 4.74 Å². The van der Waals surface area contributed by atoms with E-state index in [-0.39, 0.29) is 5.54 Å². The Kier molecular flexibility index (Phi) is 4.00. The summed E-state index contributed by atoms with van der Waals surface area (Å²) < 4.78 is 7.48. The van der Waals surface area contributed by atoms with Gasteiger partial charge in [-0.05, 0) is 24.3 Å². The Morgan fingerprint density at radius 1 is 0.933 bits per heavy atom. The van der Waals surface area contributed by atoms with Crippen molar-refractivity contribution >= 4 is 16.9 Å². The lowest BCUT2D eigenvalue weighted by molar-refractivity contribution is -0.0744. The molecule has 2 saturated heterocycles. The first-order chi connectivity index (χ1) is 14.8. The van der Waals surface area contributed by atoms with Gasteiger partial charge in [0.15, 0.2) is 5.82 Å². The first kappa shape index (κ1) is 17.5. The number of nitrogens with one attached hydrogen (secondary N) is 1. The fraction of sp³-hybridized carbons (Fsp3) is 0.273. The van der Waals surface area contributed by atoms with Crippen molar-refractivity contribution in [1.29, 1.82) is 0 Å². The summed E-state index contributed by atoms with van der Waals surface area (Å²) >= 11 is 0. The van der Waals surface area contributed by atoms with E-state index >= 15 is 0 Å². The van der Waals surface area contributed by atoms with Gasteiger partial charge in [-0.3, -0.25) is 9.55 Å². The number of hydrogen-bond donors (Lipinski definition) is 1. The second-order valence-corrected chi connectivity index (χ2v) is 7.84. The third-order valence-electron chi connectivity index (χ3n) is 5.74. The van der Waals surface area contributed by atoms with Crippen molar-refractivity contribution < 1.29 is 4.74 Å². The molecule has 0 radical (unpaired) electrons. The summed E-state index contributed by atoms with van der Waals surface area (Å²) in [7, 11) is 0. The molecule has 2 fully saturated rings. The highest BCUT2D eigenvalue weighted by Gasteiger charge is 2.42. The Bertz CT molecular complexity index is 1200. The second kappa shape index (κ2) is 6.86. The first-order valence-corrected chi connectivity index (χ1v) is 10.1. The zero-order valence-corrected chi connectivity index (χ0v) is 16.4. The van der Waals surface area contributed by atoms with E-state index in [1.165, 1.54) is 0 Å². The maximum Gasteiger partial charge on any atom is 0.239 e. The minimum atomic E-state index is -0.00362. The number of anilines is 1. The molecule has 0 unspecified atom stereocenters. The Labute approximate surface area is 173 Å². The molecule has 150 valence electrons. The van der Waals surface area contributed by atoms with Gasteiger partial charge in [0.05, 0.1) is 24.3 Å². The SMILES string of the molecule is c1ccc(-c2nc(N3CCNC4(COC4)C3)nc(-n3ccc4ccccc43)n2)nc1. The molecule has 2 aliphatic heterocycles. The largest absolute Gasteiger partial charge is 0.377 e. The summed E-state index contributed by atoms with van der Waals surface area (Å²) in [6.07, 6.45) is 3.76. The van der Waals surface area contributed by atoms with Crippen molar-refractivity contribution in [1.82, 2.24) is 29.8 Å². The van der Waals surface area contributed by atoms with Crippen LogP contribution in [0.5, 0.6) is 0 Å². The molecule has 8 nitrogen and oxygen atoms in total. The van der Waals surface area contributed by atoms with E-state index in [2.05, 4.69) is 33.4 Å². The van der Waals surface area contributed by atoms with Crippen LogP contribution in [0.4, 0.5) is 5.95 Å². The predicted octanol–water partition coefficient (Wildman–Crippen LogP) is 2.06. The molecule has 2 aliphatic rings. The molecule has 1 aromatic carbocycles. The summed E-state index contributed by atoms with van der Waals surface area (Å²) in [5.41, 5.74) is 1.79. The normalized spacial score (nSPS) is 17.9. The highest BCUT2D eigenvalue weighted by atomic mass is 16.5. The standard InChI is InChI=1S/C22H21N7O/c1-2-7-18-16(5-1)8-11-29(18)21-26-19(17-6-3-4-9-23-17)25-20(27-21)28-12-10-24-22(13-28)14-30-15-22/h1-9,11,24H,10,12-15H2. The van der Waals surface area contributed by atoms with Crippen molar-refractivity contribution in [2.45, 2.75) is 5.54 Å². The lowest BCUT2D eigenvalue weighted by Gasteiger charge is -2.48. The van der Waals surface area contributed by atoms with Gasteiger partial charge in [-0.25, -0.2) is 0 Å². The van der Waals surface area contributed by atoms with Crippen LogP contribution in [0, 0.1) is 0 Å². The molecule has 0 bridgehead atoms. The molecule has 5 heterocycles. The molecule has 0 amide bonds. The number of nitrogens with zero attached hydrogens (tertiary/aromatic N) is 6. The summed E-state index contributed by atoms with van der Waals surface area (Å²) in [4.78, 5) is 21.1. The van der Waals surface area contributed by atoms with Gasteiger partial charge in [0.2, 0.25) is 11.9 Å². The molecular weight excluding hydrogens is 378 g/mol. The molecule has 4 aromatic rings. The predicted molar refractivity (Wildman–Crippen MR) is 114 cm³/mol. The lowest BCUT2D eigenvalue weighted by atomic mass is 9.95. The number of fused-ring (bicyclic) bond motifs is 1. The number of aromatic nitrogens is 5. The molecule has 0 aliphatic carbocycles. The lowest BCUT2D eigenvalue weighted by Crippen LogP contribution is -2.70. The molecule has 8 heteroatoms. The van der Waals surface area contributed by atoms with Gasteiger partial charge in [-0.15, -0.1) is 0 Å². The molecule has 1 spiro atoms. The fourth-order valence-corrected chi connectivity index (χ4v) is 4.14. The van der Waals surface area contributed by atoms with Crippen LogP contribution in [-0.4, -0.2) is 62.9 Å². The maximum atomic E-state index is 5.47. The van der Waals surface area contributed by atoms with Crippen LogP contribution < -0.4 is 10.2 Å². The number of rotatable bonds is 3. The first-order valence-electron chi connectivity index (χ1n) is 10.1. The average Bonchev–Trinajstić information content (AvgIpc) is 3.23. The topological polar surface area (TPSA) is 81.0 Å². The third kappa shape index (κ3) is 2.92. The molecule has 0 atom stereocenters. The van der Waals surface area contributed by atoms with Gasteiger partial charge >= 0.3 is 0 Å². The molecule has 3 aromatic heterocycles. The number of hydrogen-bond acceptors (Lipinski definition) is 7. The van der Waals surface area contributed by atoms with Crippen molar-refractivity contribution in [2.24, 2.45) is 0 Å². The Hall–Kier alpha value is -3.36. The summed E-state index contributed by atoms with van der Waals surface area (Å²) in [6, 6.07) is 16.1. The van der Waals surface area contributed by atoms with Crippen LogP contribution in [0.25, 0.3) is 28.4 Å². The van der Waals surface area contributed by atoms with E-state index in [9.17, 15) is 0 Å². The monoisotopic (exact) mass is 399 g/mol. The zero-order chi connectivity index (χ0) is 20.0. The summed E-state index contributed by atoms with van der Waals surface area (Å²) in [5, 5.41) is 4.73. The number of pyridine rings is 1. The molecule has 6 rings (SSSR count). The maximum absolute atomic E-state index is 5.47. The number of ether oxygens (including phenoxy) is 1. The summed E-state index contributed by atoms with van der Waals surface area (Å²) in [6.45, 7) is 3.95. The zero-order valence-electron chi connectivity index (χ0n) is 16.4. The van der Waals surface area contributed by atoms with Gasteiger partial charge in [0, 0.05) is 37.4 Å². The second-order valence-electron chi connectivity index (χ2n) is 7.84. The highest BCUT2D eigenvalue weighted by Crippen LogP contribution is 2.26. The molecule has 30 heavy (non-hydrogen) atoms. The van der Waals surface area contributed by atoms with Crippen LogP contribution in [0.3, 0.4) is 0 Å². The van der Waals surface area contributed by atoms with Crippen molar-refractivity contribution in [3.05, 3.63) is 60.9 Å². The smallest absolute Gasteiger partial charge is 0.239 e. The summed E-state index contributed by atoms with van der Waals surface area (Å²) in [5.74, 6) is 1.84. The Balaban J connectivity index is 1.48. The van der Waals surface area contributed by atoms with Gasteiger partial charge in [-0.1, -0.05) is 24.3 Å². The highest BCUT2D eigenvalue weighted by molar-refractivity contribution is 5.81. The number of piperazine rings is 1. The van der Waals surface area contributed by atoms with Crippen LogP contribution in [0.15, 0.2) is 60.9 Å². The van der Waals surface area contributed by atoms with E-state index in [0.29, 0.717) is 17.7 Å².